The summed E-state index contributed by atoms with van der Waals surface area (Å²) in [5.41, 5.74) is 4.92. The van der Waals surface area contributed by atoms with Crippen molar-refractivity contribution in [1.82, 2.24) is 15.2 Å². The number of aromatic nitrogens is 1. The average molecular weight is 521 g/mol. The van der Waals surface area contributed by atoms with Crippen LogP contribution in [0.4, 0.5) is 0 Å². The molecule has 0 bridgehead atoms. The van der Waals surface area contributed by atoms with Crippen molar-refractivity contribution < 1.29 is 14.3 Å². The number of rotatable bonds is 7. The number of fused-ring (bicyclic) bond motifs is 2. The minimum atomic E-state index is -0.470. The molecule has 2 aromatic carbocycles. The molecule has 7 nitrogen and oxygen atoms in total. The van der Waals surface area contributed by atoms with Crippen molar-refractivity contribution in [2.75, 3.05) is 13.7 Å². The number of allylic oxidation sites excluding steroid dienone is 1. The van der Waals surface area contributed by atoms with E-state index in [0.29, 0.717) is 22.8 Å². The van der Waals surface area contributed by atoms with E-state index in [1.807, 2.05) is 46.8 Å². The van der Waals surface area contributed by atoms with Crippen molar-refractivity contribution in [3.05, 3.63) is 93.3 Å². The van der Waals surface area contributed by atoms with Gasteiger partial charge in [0.1, 0.15) is 0 Å². The van der Waals surface area contributed by atoms with Crippen LogP contribution < -0.4 is 5.32 Å². The summed E-state index contributed by atoms with van der Waals surface area (Å²) in [4.78, 5) is 35.6. The maximum atomic E-state index is 12.9. The molecule has 3 heterocycles. The number of halogens is 1. The zero-order valence-corrected chi connectivity index (χ0v) is 21.4. The summed E-state index contributed by atoms with van der Waals surface area (Å²) in [7, 11) is 1.36. The highest BCUT2D eigenvalue weighted by atomic mass is 35.5. The number of thioether (sulfide) groups is 1. The van der Waals surface area contributed by atoms with Gasteiger partial charge in [-0.05, 0) is 48.1 Å². The zero-order valence-electron chi connectivity index (χ0n) is 19.9. The lowest BCUT2D eigenvalue weighted by Crippen LogP contribution is -2.38. The number of nitrogens with one attached hydrogen (secondary N) is 2. The predicted molar refractivity (Wildman–Crippen MR) is 143 cm³/mol. The Morgan fingerprint density at radius 2 is 1.97 bits per heavy atom. The first-order valence-corrected chi connectivity index (χ1v) is 12.8. The largest absolute Gasteiger partial charge is 0.466 e. The number of ether oxygens (including phenoxy) is 1. The van der Waals surface area contributed by atoms with Gasteiger partial charge in [-0.1, -0.05) is 53.7 Å². The molecule has 2 aliphatic heterocycles. The van der Waals surface area contributed by atoms with Gasteiger partial charge < -0.3 is 19.9 Å². The minimum Gasteiger partial charge on any atom is -0.466 e. The summed E-state index contributed by atoms with van der Waals surface area (Å²) in [6, 6.07) is 15.0. The molecule has 0 aliphatic carbocycles. The number of amides is 1. The van der Waals surface area contributed by atoms with Crippen molar-refractivity contribution in [3.8, 4) is 0 Å². The van der Waals surface area contributed by atoms with Gasteiger partial charge in [0.05, 0.1) is 30.8 Å². The van der Waals surface area contributed by atoms with Gasteiger partial charge >= 0.3 is 5.97 Å². The van der Waals surface area contributed by atoms with Gasteiger partial charge in [-0.2, -0.15) is 0 Å². The van der Waals surface area contributed by atoms with Crippen molar-refractivity contribution >= 4 is 51.3 Å². The molecule has 9 heteroatoms. The van der Waals surface area contributed by atoms with Crippen LogP contribution in [-0.2, 0) is 20.7 Å². The minimum absolute atomic E-state index is 0.0938. The highest BCUT2D eigenvalue weighted by Crippen LogP contribution is 2.44. The van der Waals surface area contributed by atoms with E-state index in [-0.39, 0.29) is 12.3 Å². The number of H-pyrrole nitrogens is 1. The Labute approximate surface area is 218 Å². The van der Waals surface area contributed by atoms with E-state index in [1.54, 1.807) is 19.1 Å². The number of amidine groups is 1. The van der Waals surface area contributed by atoms with Crippen LogP contribution in [0.15, 0.2) is 82.1 Å². The molecule has 1 atom stereocenters. The highest BCUT2D eigenvalue weighted by Gasteiger charge is 2.40. The maximum Gasteiger partial charge on any atom is 0.338 e. The monoisotopic (exact) mass is 520 g/mol. The number of benzene rings is 2. The number of carbonyl (C=O) groups excluding carboxylic acids is 2. The van der Waals surface area contributed by atoms with E-state index >= 15 is 0 Å². The Hall–Kier alpha value is -3.49. The number of aliphatic imine (C=N–C) groups is 1. The summed E-state index contributed by atoms with van der Waals surface area (Å²) in [5.74, 6) is -0.543. The zero-order chi connectivity index (χ0) is 25.2. The first kappa shape index (κ1) is 24.2. The molecule has 36 heavy (non-hydrogen) atoms. The van der Waals surface area contributed by atoms with Crippen LogP contribution in [0.2, 0.25) is 5.02 Å². The van der Waals surface area contributed by atoms with E-state index in [2.05, 4.69) is 21.4 Å². The second-order valence-corrected chi connectivity index (χ2v) is 9.85. The molecule has 3 aromatic rings. The summed E-state index contributed by atoms with van der Waals surface area (Å²) in [5, 5.41) is 7.45. The van der Waals surface area contributed by atoms with Gasteiger partial charge in [-0.25, -0.2) is 9.79 Å². The molecule has 1 aromatic heterocycles. The third-order valence-corrected chi connectivity index (χ3v) is 7.47. The highest BCUT2D eigenvalue weighted by molar-refractivity contribution is 8.16. The molecular formula is C27H25ClN4O3S. The fraction of sp³-hybridized carbons (Fsp3) is 0.222. The van der Waals surface area contributed by atoms with Crippen LogP contribution >= 0.6 is 23.4 Å². The number of carbonyl (C=O) groups is 2. The van der Waals surface area contributed by atoms with Crippen molar-refractivity contribution in [2.24, 2.45) is 4.99 Å². The number of para-hydroxylation sites is 1. The van der Waals surface area contributed by atoms with Crippen LogP contribution in [0.3, 0.4) is 0 Å². The van der Waals surface area contributed by atoms with Gasteiger partial charge in [-0.15, -0.1) is 0 Å². The third kappa shape index (κ3) is 4.66. The molecule has 1 unspecified atom stereocenters. The van der Waals surface area contributed by atoms with Crippen molar-refractivity contribution in [3.63, 3.8) is 0 Å². The van der Waals surface area contributed by atoms with Gasteiger partial charge in [0, 0.05) is 34.4 Å². The number of hydrogen-bond acceptors (Lipinski definition) is 6. The molecule has 1 amide bonds. The normalized spacial score (nSPS) is 17.1. The van der Waals surface area contributed by atoms with E-state index in [4.69, 9.17) is 16.3 Å². The van der Waals surface area contributed by atoms with E-state index in [0.717, 1.165) is 33.9 Å². The fourth-order valence-electron chi connectivity index (χ4n) is 4.60. The fourth-order valence-corrected chi connectivity index (χ4v) is 5.69. The van der Waals surface area contributed by atoms with Crippen LogP contribution in [-0.4, -0.2) is 40.6 Å². The lowest BCUT2D eigenvalue weighted by atomic mass is 9.94. The lowest BCUT2D eigenvalue weighted by Gasteiger charge is -2.36. The van der Waals surface area contributed by atoms with Gasteiger partial charge in [0.25, 0.3) is 0 Å². The second-order valence-electron chi connectivity index (χ2n) is 8.57. The molecule has 0 fully saturated rings. The molecule has 2 N–H and O–H groups in total. The topological polar surface area (TPSA) is 86.8 Å². The van der Waals surface area contributed by atoms with E-state index in [9.17, 15) is 9.59 Å². The third-order valence-electron chi connectivity index (χ3n) is 6.32. The van der Waals surface area contributed by atoms with E-state index in [1.165, 1.54) is 24.3 Å². The molecule has 5 rings (SSSR count). The maximum absolute atomic E-state index is 12.9. The Morgan fingerprint density at radius 1 is 1.19 bits per heavy atom. The van der Waals surface area contributed by atoms with Crippen LogP contribution in [0, 0.1) is 0 Å². The molecule has 0 saturated carbocycles. The number of nitrogens with zero attached hydrogens (tertiary/aromatic N) is 2. The molecule has 0 spiro atoms. The van der Waals surface area contributed by atoms with Crippen LogP contribution in [0.5, 0.6) is 0 Å². The number of esters is 1. The molecule has 0 radical (unpaired) electrons. The lowest BCUT2D eigenvalue weighted by molar-refractivity contribution is -0.136. The van der Waals surface area contributed by atoms with Gasteiger partial charge in [0.2, 0.25) is 5.91 Å². The molecular weight excluding hydrogens is 496 g/mol. The second kappa shape index (κ2) is 10.2. The van der Waals surface area contributed by atoms with Crippen LogP contribution in [0.25, 0.3) is 10.9 Å². The number of methoxy groups -OCH3 is 1. The SMILES string of the molecule is COC(=O)C1=C(C)N=C2SC=C(CC(=O)NCCc3c[nH]c4ccccc34)N2C1c1ccc(Cl)cc1. The Kier molecular flexibility index (Phi) is 6.89. The quantitative estimate of drug-likeness (QED) is 0.412. The summed E-state index contributed by atoms with van der Waals surface area (Å²) < 4.78 is 5.09. The van der Waals surface area contributed by atoms with Gasteiger partial charge in [0.15, 0.2) is 5.17 Å². The molecule has 2 aliphatic rings. The Balaban J connectivity index is 1.32. The Bertz CT molecular complexity index is 1420. The first-order chi connectivity index (χ1) is 17.5. The first-order valence-electron chi connectivity index (χ1n) is 11.6. The van der Waals surface area contributed by atoms with Crippen LogP contribution in [0.1, 0.15) is 30.5 Å². The summed E-state index contributed by atoms with van der Waals surface area (Å²) in [6.07, 6.45) is 2.88. The number of hydrogen-bond donors (Lipinski definition) is 2. The smallest absolute Gasteiger partial charge is 0.338 e. The molecule has 0 saturated heterocycles. The van der Waals surface area contributed by atoms with E-state index < -0.39 is 12.0 Å². The summed E-state index contributed by atoms with van der Waals surface area (Å²) in [6.45, 7) is 2.32. The number of aromatic amines is 1. The van der Waals surface area contributed by atoms with Crippen molar-refractivity contribution in [1.29, 1.82) is 0 Å². The average Bonchev–Trinajstić information content (AvgIpc) is 3.47. The van der Waals surface area contributed by atoms with Crippen molar-refractivity contribution in [2.45, 2.75) is 25.8 Å². The summed E-state index contributed by atoms with van der Waals surface area (Å²) >= 11 is 7.56. The molecule has 184 valence electrons. The Morgan fingerprint density at radius 3 is 2.75 bits per heavy atom. The predicted octanol–water partition coefficient (Wildman–Crippen LogP) is 5.32. The standard InChI is InChI=1S/C27H25ClN4O3S/c1-16-24(26(34)35-2)25(17-7-9-19(28)10-8-17)32-20(15-36-27(32)31-16)13-23(33)29-12-11-18-14-30-22-6-4-3-5-21(18)22/h3-10,14-15,25,30H,11-13H2,1-2H3,(H,29,33). The van der Waals surface area contributed by atoms with Gasteiger partial charge in [-0.3, -0.25) is 4.79 Å².